The number of rotatable bonds is 4. The largest absolute Gasteiger partial charge is 0.493 e. The SMILES string of the molecule is CC(=N)N1CCc2ccc(OCC3CCN(c4ccncc4)CC3)cc2C1. The number of ether oxygens (including phenoxy) is 1. The predicted molar refractivity (Wildman–Crippen MR) is 109 cm³/mol. The van der Waals surface area contributed by atoms with Gasteiger partial charge in [0.15, 0.2) is 0 Å². The van der Waals surface area contributed by atoms with Crippen molar-refractivity contribution in [2.75, 3.05) is 31.1 Å². The molecule has 27 heavy (non-hydrogen) atoms. The number of benzene rings is 1. The second kappa shape index (κ2) is 7.99. The van der Waals surface area contributed by atoms with Crippen molar-refractivity contribution in [1.29, 1.82) is 5.41 Å². The fraction of sp³-hybridized carbons (Fsp3) is 0.455. The van der Waals surface area contributed by atoms with Crippen LogP contribution in [0.3, 0.4) is 0 Å². The van der Waals surface area contributed by atoms with Gasteiger partial charge in [-0.15, -0.1) is 0 Å². The summed E-state index contributed by atoms with van der Waals surface area (Å²) in [6.07, 6.45) is 7.06. The van der Waals surface area contributed by atoms with Crippen LogP contribution in [0.1, 0.15) is 30.9 Å². The van der Waals surface area contributed by atoms with Crippen LogP contribution in [-0.4, -0.2) is 42.0 Å². The Morgan fingerprint density at radius 1 is 1.11 bits per heavy atom. The van der Waals surface area contributed by atoms with Crippen LogP contribution >= 0.6 is 0 Å². The van der Waals surface area contributed by atoms with Gasteiger partial charge < -0.3 is 14.5 Å². The maximum Gasteiger partial charge on any atom is 0.119 e. The van der Waals surface area contributed by atoms with E-state index in [4.69, 9.17) is 10.1 Å². The maximum atomic E-state index is 7.86. The van der Waals surface area contributed by atoms with Crippen LogP contribution in [0, 0.1) is 11.3 Å². The molecular formula is C22H28N4O. The minimum atomic E-state index is 0.611. The van der Waals surface area contributed by atoms with Crippen molar-refractivity contribution < 1.29 is 4.74 Å². The van der Waals surface area contributed by atoms with Crippen LogP contribution < -0.4 is 9.64 Å². The zero-order valence-electron chi connectivity index (χ0n) is 16.0. The Morgan fingerprint density at radius 2 is 1.89 bits per heavy atom. The second-order valence-corrected chi connectivity index (χ2v) is 7.63. The van der Waals surface area contributed by atoms with E-state index in [1.807, 2.05) is 19.3 Å². The zero-order chi connectivity index (χ0) is 18.6. The number of hydrogen-bond acceptors (Lipinski definition) is 4. The van der Waals surface area contributed by atoms with Gasteiger partial charge in [-0.3, -0.25) is 10.4 Å². The van der Waals surface area contributed by atoms with E-state index in [1.54, 1.807) is 0 Å². The highest BCUT2D eigenvalue weighted by Crippen LogP contribution is 2.26. The van der Waals surface area contributed by atoms with Gasteiger partial charge in [-0.05, 0) is 67.5 Å². The first kappa shape index (κ1) is 17.8. The van der Waals surface area contributed by atoms with E-state index in [0.717, 1.165) is 57.8 Å². The van der Waals surface area contributed by atoms with Gasteiger partial charge in [0.05, 0.1) is 12.4 Å². The molecule has 5 nitrogen and oxygen atoms in total. The highest BCUT2D eigenvalue weighted by atomic mass is 16.5. The van der Waals surface area contributed by atoms with Crippen LogP contribution in [-0.2, 0) is 13.0 Å². The third-order valence-electron chi connectivity index (χ3n) is 5.79. The Bertz CT molecular complexity index is 784. The lowest BCUT2D eigenvalue weighted by atomic mass is 9.97. The van der Waals surface area contributed by atoms with Gasteiger partial charge >= 0.3 is 0 Å². The molecule has 1 aromatic heterocycles. The first-order valence-corrected chi connectivity index (χ1v) is 9.89. The van der Waals surface area contributed by atoms with Crippen LogP contribution in [0.5, 0.6) is 5.75 Å². The molecule has 0 spiro atoms. The van der Waals surface area contributed by atoms with Gasteiger partial charge in [0.1, 0.15) is 5.75 Å². The molecule has 1 saturated heterocycles. The van der Waals surface area contributed by atoms with E-state index >= 15 is 0 Å². The third-order valence-corrected chi connectivity index (χ3v) is 5.79. The van der Waals surface area contributed by atoms with Crippen molar-refractivity contribution >= 4 is 11.5 Å². The van der Waals surface area contributed by atoms with Gasteiger partial charge in [-0.2, -0.15) is 0 Å². The second-order valence-electron chi connectivity index (χ2n) is 7.63. The number of hydrogen-bond donors (Lipinski definition) is 1. The first-order valence-electron chi connectivity index (χ1n) is 9.89. The highest BCUT2D eigenvalue weighted by molar-refractivity contribution is 5.76. The molecule has 1 N–H and O–H groups in total. The van der Waals surface area contributed by atoms with E-state index in [-0.39, 0.29) is 0 Å². The van der Waals surface area contributed by atoms with Crippen LogP contribution in [0.25, 0.3) is 0 Å². The summed E-state index contributed by atoms with van der Waals surface area (Å²) in [7, 11) is 0. The fourth-order valence-corrected chi connectivity index (χ4v) is 4.04. The highest BCUT2D eigenvalue weighted by Gasteiger charge is 2.21. The monoisotopic (exact) mass is 364 g/mol. The summed E-state index contributed by atoms with van der Waals surface area (Å²) >= 11 is 0. The number of piperidine rings is 1. The Balaban J connectivity index is 1.30. The van der Waals surface area contributed by atoms with Gasteiger partial charge in [0.2, 0.25) is 0 Å². The summed E-state index contributed by atoms with van der Waals surface area (Å²) < 4.78 is 6.15. The van der Waals surface area contributed by atoms with Crippen molar-refractivity contribution in [2.45, 2.75) is 32.7 Å². The maximum absolute atomic E-state index is 7.86. The molecule has 1 aromatic carbocycles. The predicted octanol–water partition coefficient (Wildman–Crippen LogP) is 3.73. The molecule has 1 fully saturated rings. The average molecular weight is 364 g/mol. The molecule has 142 valence electrons. The normalized spacial score (nSPS) is 17.5. The van der Waals surface area contributed by atoms with Gasteiger partial charge in [-0.1, -0.05) is 6.07 Å². The number of nitrogens with zero attached hydrogens (tertiary/aromatic N) is 3. The minimum absolute atomic E-state index is 0.611. The zero-order valence-corrected chi connectivity index (χ0v) is 16.0. The molecule has 0 saturated carbocycles. The summed E-state index contributed by atoms with van der Waals surface area (Å²) in [5.74, 6) is 2.22. The van der Waals surface area contributed by atoms with E-state index < -0.39 is 0 Å². The first-order chi connectivity index (χ1) is 13.2. The lowest BCUT2D eigenvalue weighted by Crippen LogP contribution is -2.35. The topological polar surface area (TPSA) is 52.5 Å². The quantitative estimate of drug-likeness (QED) is 0.663. The molecule has 0 radical (unpaired) electrons. The van der Waals surface area contributed by atoms with Gasteiger partial charge in [-0.25, -0.2) is 0 Å². The van der Waals surface area contributed by atoms with Crippen molar-refractivity contribution in [3.8, 4) is 5.75 Å². The summed E-state index contributed by atoms with van der Waals surface area (Å²) in [6, 6.07) is 10.7. The molecule has 4 rings (SSSR count). The summed E-state index contributed by atoms with van der Waals surface area (Å²) in [4.78, 5) is 8.66. The standard InChI is InChI=1S/C22H28N4O/c1-17(23)26-13-8-19-2-3-22(14-20(19)15-26)27-16-18-6-11-25(12-7-18)21-4-9-24-10-5-21/h2-5,9-10,14,18,23H,6-8,11-13,15-16H2,1H3. The lowest BCUT2D eigenvalue weighted by Gasteiger charge is -2.33. The molecule has 0 unspecified atom stereocenters. The molecule has 2 aliphatic heterocycles. The smallest absolute Gasteiger partial charge is 0.119 e. The van der Waals surface area contributed by atoms with Crippen LogP contribution in [0.4, 0.5) is 5.69 Å². The van der Waals surface area contributed by atoms with Crippen LogP contribution in [0.15, 0.2) is 42.7 Å². The van der Waals surface area contributed by atoms with E-state index in [1.165, 1.54) is 16.8 Å². The van der Waals surface area contributed by atoms with Crippen molar-refractivity contribution in [2.24, 2.45) is 5.92 Å². The number of pyridine rings is 1. The Labute approximate surface area is 161 Å². The van der Waals surface area contributed by atoms with Crippen LogP contribution in [0.2, 0.25) is 0 Å². The Kier molecular flexibility index (Phi) is 5.28. The molecule has 0 atom stereocenters. The van der Waals surface area contributed by atoms with Crippen molar-refractivity contribution in [3.63, 3.8) is 0 Å². The van der Waals surface area contributed by atoms with E-state index in [0.29, 0.717) is 11.8 Å². The molecule has 0 bridgehead atoms. The number of aromatic nitrogens is 1. The molecule has 2 aliphatic rings. The van der Waals surface area contributed by atoms with Gasteiger partial charge in [0, 0.05) is 44.3 Å². The lowest BCUT2D eigenvalue weighted by molar-refractivity contribution is 0.222. The minimum Gasteiger partial charge on any atom is -0.493 e. The molecule has 0 aliphatic carbocycles. The van der Waals surface area contributed by atoms with Crippen molar-refractivity contribution in [1.82, 2.24) is 9.88 Å². The Hall–Kier alpha value is -2.56. The molecule has 0 amide bonds. The summed E-state index contributed by atoms with van der Waals surface area (Å²) in [5.41, 5.74) is 3.97. The number of nitrogens with one attached hydrogen (secondary N) is 1. The summed E-state index contributed by atoms with van der Waals surface area (Å²) in [6.45, 7) is 6.58. The average Bonchev–Trinajstić information content (AvgIpc) is 2.72. The number of fused-ring (bicyclic) bond motifs is 1. The Morgan fingerprint density at radius 3 is 2.63 bits per heavy atom. The number of amidine groups is 1. The van der Waals surface area contributed by atoms with E-state index in [9.17, 15) is 0 Å². The molecular weight excluding hydrogens is 336 g/mol. The summed E-state index contributed by atoms with van der Waals surface area (Å²) in [5, 5.41) is 7.86. The third kappa shape index (κ3) is 4.24. The van der Waals surface area contributed by atoms with Crippen molar-refractivity contribution in [3.05, 3.63) is 53.9 Å². The van der Waals surface area contributed by atoms with Gasteiger partial charge in [0.25, 0.3) is 0 Å². The molecule has 2 aromatic rings. The molecule has 3 heterocycles. The van der Waals surface area contributed by atoms with E-state index in [2.05, 4.69) is 45.1 Å². The molecule has 5 heteroatoms. The fourth-order valence-electron chi connectivity index (χ4n) is 4.04. The number of anilines is 1.